The second kappa shape index (κ2) is 23.4. The Hall–Kier alpha value is -2.88. The van der Waals surface area contributed by atoms with Crippen LogP contribution in [-0.4, -0.2) is 11.9 Å². The van der Waals surface area contributed by atoms with E-state index in [0.717, 1.165) is 60.1 Å². The molecule has 0 aromatic heterocycles. The number of carbonyl (C=O) groups is 2. The Morgan fingerprint density at radius 1 is 0.447 bits per heavy atom. The molecule has 0 aliphatic heterocycles. The number of aryl methyl sites for hydroxylation is 1. The van der Waals surface area contributed by atoms with Crippen molar-refractivity contribution in [1.82, 2.24) is 0 Å². The fourth-order valence-electron chi connectivity index (χ4n) is 6.59. The maximum absolute atomic E-state index is 13.2. The summed E-state index contributed by atoms with van der Waals surface area (Å²) >= 11 is 0. The lowest BCUT2D eigenvalue weighted by Crippen LogP contribution is -2.11. The molecular formula is C43H64O4. The fraction of sp³-hybridized carbons (Fsp3) is 0.628. The molecule has 3 aromatic rings. The molecule has 0 saturated heterocycles. The molecule has 0 fully saturated rings. The minimum atomic E-state index is -0.193. The maximum atomic E-state index is 13.2. The van der Waals surface area contributed by atoms with Gasteiger partial charge in [-0.25, -0.2) is 0 Å². The predicted molar refractivity (Wildman–Crippen MR) is 200 cm³/mol. The Kier molecular flexibility index (Phi) is 19.2. The Morgan fingerprint density at radius 2 is 0.830 bits per heavy atom. The Labute approximate surface area is 286 Å². The molecule has 0 aliphatic rings. The van der Waals surface area contributed by atoms with Crippen LogP contribution in [0.5, 0.6) is 11.5 Å². The Bertz CT molecular complexity index is 1330. The van der Waals surface area contributed by atoms with Crippen LogP contribution in [0.3, 0.4) is 0 Å². The van der Waals surface area contributed by atoms with Crippen molar-refractivity contribution in [2.75, 3.05) is 0 Å². The van der Waals surface area contributed by atoms with Crippen LogP contribution in [0, 0.1) is 0 Å². The van der Waals surface area contributed by atoms with Crippen molar-refractivity contribution in [3.63, 3.8) is 0 Å². The molecule has 0 saturated carbocycles. The molecule has 4 heteroatoms. The van der Waals surface area contributed by atoms with Crippen LogP contribution in [0.15, 0.2) is 42.5 Å². The number of ether oxygens (including phenoxy) is 2. The van der Waals surface area contributed by atoms with E-state index in [0.29, 0.717) is 24.3 Å². The van der Waals surface area contributed by atoms with Crippen molar-refractivity contribution < 1.29 is 19.1 Å². The third-order valence-electron chi connectivity index (χ3n) is 9.46. The first kappa shape index (κ1) is 38.6. The first-order valence-corrected chi connectivity index (χ1v) is 19.5. The second-order valence-corrected chi connectivity index (χ2v) is 13.6. The normalized spacial score (nSPS) is 11.4. The van der Waals surface area contributed by atoms with Crippen LogP contribution in [0.1, 0.15) is 174 Å². The van der Waals surface area contributed by atoms with Gasteiger partial charge in [-0.15, -0.1) is 0 Å². The van der Waals surface area contributed by atoms with Gasteiger partial charge in [0, 0.05) is 34.4 Å². The zero-order chi connectivity index (χ0) is 33.5. The average Bonchev–Trinajstić information content (AvgIpc) is 3.08. The zero-order valence-corrected chi connectivity index (χ0v) is 30.1. The first-order valence-electron chi connectivity index (χ1n) is 19.5. The van der Waals surface area contributed by atoms with Gasteiger partial charge in [0.15, 0.2) is 0 Å². The highest BCUT2D eigenvalue weighted by Gasteiger charge is 2.20. The molecule has 0 unspecified atom stereocenters. The molecule has 3 rings (SSSR count). The number of fused-ring (bicyclic) bond motifs is 2. The lowest BCUT2D eigenvalue weighted by molar-refractivity contribution is -0.135. The van der Waals surface area contributed by atoms with Gasteiger partial charge in [-0.05, 0) is 37.3 Å². The quantitative estimate of drug-likeness (QED) is 0.0378. The van der Waals surface area contributed by atoms with E-state index in [1.165, 1.54) is 108 Å². The maximum Gasteiger partial charge on any atom is 0.311 e. The van der Waals surface area contributed by atoms with E-state index in [4.69, 9.17) is 9.47 Å². The molecule has 0 radical (unpaired) electrons. The summed E-state index contributed by atoms with van der Waals surface area (Å²) in [4.78, 5) is 26.4. The SMILES string of the molecule is CCCCCCCCCCCC(=O)Oc1c2ccccc2c(OC(=O)CCCCCCCCCCC)c2cc(CCCCC)ccc12. The molecule has 0 heterocycles. The first-order chi connectivity index (χ1) is 23.1. The van der Waals surface area contributed by atoms with Gasteiger partial charge >= 0.3 is 11.9 Å². The number of unbranched alkanes of at least 4 members (excludes halogenated alkanes) is 18. The summed E-state index contributed by atoms with van der Waals surface area (Å²) in [5, 5.41) is 3.31. The third kappa shape index (κ3) is 14.0. The van der Waals surface area contributed by atoms with E-state index < -0.39 is 0 Å². The summed E-state index contributed by atoms with van der Waals surface area (Å²) in [6.45, 7) is 6.72. The smallest absolute Gasteiger partial charge is 0.311 e. The van der Waals surface area contributed by atoms with Crippen molar-refractivity contribution >= 4 is 33.5 Å². The van der Waals surface area contributed by atoms with E-state index >= 15 is 0 Å². The Morgan fingerprint density at radius 3 is 1.30 bits per heavy atom. The molecule has 4 nitrogen and oxygen atoms in total. The summed E-state index contributed by atoms with van der Waals surface area (Å²) < 4.78 is 12.4. The van der Waals surface area contributed by atoms with Crippen LogP contribution in [-0.2, 0) is 16.0 Å². The van der Waals surface area contributed by atoms with Crippen molar-refractivity contribution in [3.8, 4) is 11.5 Å². The van der Waals surface area contributed by atoms with E-state index in [-0.39, 0.29) is 11.9 Å². The fourth-order valence-corrected chi connectivity index (χ4v) is 6.59. The van der Waals surface area contributed by atoms with Crippen molar-refractivity contribution in [2.24, 2.45) is 0 Å². The molecular weight excluding hydrogens is 580 g/mol. The van der Waals surface area contributed by atoms with E-state index in [1.54, 1.807) is 0 Å². The van der Waals surface area contributed by atoms with Crippen molar-refractivity contribution in [3.05, 3.63) is 48.0 Å². The zero-order valence-electron chi connectivity index (χ0n) is 30.1. The van der Waals surface area contributed by atoms with Gasteiger partial charge in [-0.3, -0.25) is 9.59 Å². The van der Waals surface area contributed by atoms with Crippen LogP contribution in [0.4, 0.5) is 0 Å². The minimum absolute atomic E-state index is 0.189. The van der Waals surface area contributed by atoms with Crippen molar-refractivity contribution in [2.45, 2.75) is 175 Å². The number of rotatable bonds is 26. The van der Waals surface area contributed by atoms with Gasteiger partial charge in [0.1, 0.15) is 11.5 Å². The van der Waals surface area contributed by atoms with Gasteiger partial charge in [0.05, 0.1) is 0 Å². The summed E-state index contributed by atoms with van der Waals surface area (Å²) in [5.41, 5.74) is 1.21. The predicted octanol–water partition coefficient (Wildman–Crippen LogP) is 13.4. The van der Waals surface area contributed by atoms with E-state index in [1.807, 2.05) is 24.3 Å². The standard InChI is InChI=1S/C43H64O4/c1-4-7-10-12-14-16-18-20-23-30-40(44)46-42-36-28-25-26-29-37(36)43(39-34-35(27-22-9-6-3)32-33-38(39)42)47-41(45)31-24-21-19-17-15-13-11-8-5-2/h25-26,28-29,32-34H,4-24,27,30-31H2,1-3H3. The Balaban J connectivity index is 1.71. The molecule has 0 N–H and O–H groups in total. The number of benzene rings is 3. The van der Waals surface area contributed by atoms with Gasteiger partial charge in [0.25, 0.3) is 0 Å². The monoisotopic (exact) mass is 644 g/mol. The largest absolute Gasteiger partial charge is 0.425 e. The van der Waals surface area contributed by atoms with Gasteiger partial charge in [-0.2, -0.15) is 0 Å². The lowest BCUT2D eigenvalue weighted by Gasteiger charge is -2.17. The summed E-state index contributed by atoms with van der Waals surface area (Å²) in [5.74, 6) is 0.787. The molecule has 0 atom stereocenters. The molecule has 3 aromatic carbocycles. The molecule has 0 aliphatic carbocycles. The van der Waals surface area contributed by atoms with Crippen LogP contribution in [0.25, 0.3) is 21.5 Å². The molecule has 0 spiro atoms. The molecule has 260 valence electrons. The third-order valence-corrected chi connectivity index (χ3v) is 9.46. The average molecular weight is 645 g/mol. The van der Waals surface area contributed by atoms with Gasteiger partial charge in [0.2, 0.25) is 0 Å². The number of carbonyl (C=O) groups excluding carboxylic acids is 2. The highest BCUT2D eigenvalue weighted by atomic mass is 16.5. The topological polar surface area (TPSA) is 52.6 Å². The van der Waals surface area contributed by atoms with E-state index in [9.17, 15) is 9.59 Å². The van der Waals surface area contributed by atoms with Gasteiger partial charge in [-0.1, -0.05) is 173 Å². The van der Waals surface area contributed by atoms with Crippen LogP contribution < -0.4 is 9.47 Å². The highest BCUT2D eigenvalue weighted by Crippen LogP contribution is 2.43. The van der Waals surface area contributed by atoms with Crippen LogP contribution in [0.2, 0.25) is 0 Å². The molecule has 0 amide bonds. The molecule has 0 bridgehead atoms. The summed E-state index contributed by atoms with van der Waals surface area (Å²) in [7, 11) is 0. The number of hydrogen-bond donors (Lipinski definition) is 0. The van der Waals surface area contributed by atoms with E-state index in [2.05, 4.69) is 39.0 Å². The van der Waals surface area contributed by atoms with Crippen LogP contribution >= 0.6 is 0 Å². The van der Waals surface area contributed by atoms with Gasteiger partial charge < -0.3 is 9.47 Å². The minimum Gasteiger partial charge on any atom is -0.425 e. The second-order valence-electron chi connectivity index (χ2n) is 13.6. The number of hydrogen-bond acceptors (Lipinski definition) is 4. The van der Waals surface area contributed by atoms with Crippen molar-refractivity contribution in [1.29, 1.82) is 0 Å². The summed E-state index contributed by atoms with van der Waals surface area (Å²) in [6, 6.07) is 14.2. The number of esters is 2. The summed E-state index contributed by atoms with van der Waals surface area (Å²) in [6.07, 6.45) is 27.0. The molecule has 47 heavy (non-hydrogen) atoms. The lowest BCUT2D eigenvalue weighted by atomic mass is 9.97. The highest BCUT2D eigenvalue weighted by molar-refractivity contribution is 6.12.